The number of halogens is 3. The third kappa shape index (κ3) is 3.02. The number of methoxy groups -OCH3 is 1. The molecule has 0 fully saturated rings. The van der Waals surface area contributed by atoms with Crippen LogP contribution in [0.4, 0.5) is 14.5 Å². The van der Waals surface area contributed by atoms with Crippen molar-refractivity contribution >= 4 is 17.3 Å². The van der Waals surface area contributed by atoms with Crippen molar-refractivity contribution in [2.45, 2.75) is 13.0 Å². The molecule has 0 heterocycles. The van der Waals surface area contributed by atoms with Gasteiger partial charge in [-0.3, -0.25) is 0 Å². The van der Waals surface area contributed by atoms with Crippen LogP contribution in [0.25, 0.3) is 0 Å². The van der Waals surface area contributed by atoms with Crippen LogP contribution in [-0.2, 0) is 0 Å². The molecule has 0 saturated heterocycles. The molecule has 0 aliphatic rings. The molecule has 1 unspecified atom stereocenters. The summed E-state index contributed by atoms with van der Waals surface area (Å²) in [4.78, 5) is 0. The number of ether oxygens (including phenoxy) is 1. The first kappa shape index (κ1) is 14.6. The molecule has 0 aliphatic heterocycles. The Balaban J connectivity index is 2.30. The van der Waals surface area contributed by atoms with Gasteiger partial charge in [-0.1, -0.05) is 17.7 Å². The number of hydrogen-bond donors (Lipinski definition) is 1. The lowest BCUT2D eigenvalue weighted by Crippen LogP contribution is -2.11. The Labute approximate surface area is 121 Å². The highest BCUT2D eigenvalue weighted by atomic mass is 35.5. The van der Waals surface area contributed by atoms with E-state index >= 15 is 0 Å². The first-order valence-electron chi connectivity index (χ1n) is 6.07. The van der Waals surface area contributed by atoms with Crippen LogP contribution >= 0.6 is 11.6 Å². The van der Waals surface area contributed by atoms with Crippen molar-refractivity contribution in [3.63, 3.8) is 0 Å². The summed E-state index contributed by atoms with van der Waals surface area (Å²) in [5.41, 5.74) is 0.608. The summed E-state index contributed by atoms with van der Waals surface area (Å²) in [6.07, 6.45) is 0. The highest BCUT2D eigenvalue weighted by molar-refractivity contribution is 6.30. The molecule has 1 N–H and O–H groups in total. The molecule has 106 valence electrons. The molecule has 0 amide bonds. The highest BCUT2D eigenvalue weighted by Gasteiger charge is 2.17. The molecule has 0 saturated carbocycles. The van der Waals surface area contributed by atoms with Gasteiger partial charge < -0.3 is 10.1 Å². The lowest BCUT2D eigenvalue weighted by atomic mass is 10.1. The molecule has 5 heteroatoms. The third-order valence-corrected chi connectivity index (χ3v) is 3.20. The van der Waals surface area contributed by atoms with Gasteiger partial charge in [0.15, 0.2) is 0 Å². The van der Waals surface area contributed by atoms with E-state index in [9.17, 15) is 8.78 Å². The Hall–Kier alpha value is -1.81. The van der Waals surface area contributed by atoms with E-state index in [4.69, 9.17) is 16.3 Å². The number of rotatable bonds is 4. The first-order chi connectivity index (χ1) is 9.52. The van der Waals surface area contributed by atoms with E-state index in [-0.39, 0.29) is 5.69 Å². The lowest BCUT2D eigenvalue weighted by molar-refractivity contribution is 0.402. The topological polar surface area (TPSA) is 21.3 Å². The minimum absolute atomic E-state index is 0.257. The zero-order chi connectivity index (χ0) is 14.7. The number of anilines is 1. The van der Waals surface area contributed by atoms with Crippen LogP contribution < -0.4 is 10.1 Å². The summed E-state index contributed by atoms with van der Waals surface area (Å²) in [5.74, 6) is -0.474. The van der Waals surface area contributed by atoms with E-state index in [0.29, 0.717) is 16.3 Å². The minimum Gasteiger partial charge on any atom is -0.496 e. The smallest absolute Gasteiger partial charge is 0.147 e. The van der Waals surface area contributed by atoms with E-state index in [1.807, 2.05) is 0 Å². The molecule has 2 aromatic carbocycles. The normalized spacial score (nSPS) is 12.1. The van der Waals surface area contributed by atoms with Gasteiger partial charge in [0.2, 0.25) is 0 Å². The van der Waals surface area contributed by atoms with Gasteiger partial charge in [-0.05, 0) is 37.3 Å². The zero-order valence-corrected chi connectivity index (χ0v) is 11.8. The van der Waals surface area contributed by atoms with Crippen molar-refractivity contribution in [3.05, 3.63) is 58.6 Å². The van der Waals surface area contributed by atoms with Gasteiger partial charge in [-0.15, -0.1) is 0 Å². The molecule has 0 radical (unpaired) electrons. The van der Waals surface area contributed by atoms with Crippen LogP contribution in [0.2, 0.25) is 5.02 Å². The van der Waals surface area contributed by atoms with Crippen molar-refractivity contribution in [1.29, 1.82) is 0 Å². The van der Waals surface area contributed by atoms with Crippen LogP contribution in [0.15, 0.2) is 36.4 Å². The maximum Gasteiger partial charge on any atom is 0.147 e. The molecule has 0 aromatic heterocycles. The Kier molecular flexibility index (Phi) is 4.45. The zero-order valence-electron chi connectivity index (χ0n) is 11.1. The fourth-order valence-electron chi connectivity index (χ4n) is 2.03. The Bertz CT molecular complexity index is 619. The summed E-state index contributed by atoms with van der Waals surface area (Å²) in [6, 6.07) is 8.40. The van der Waals surface area contributed by atoms with E-state index < -0.39 is 17.7 Å². The number of nitrogens with one attached hydrogen (secondary N) is 1. The largest absolute Gasteiger partial charge is 0.496 e. The lowest BCUT2D eigenvalue weighted by Gasteiger charge is -2.19. The van der Waals surface area contributed by atoms with Crippen LogP contribution in [-0.4, -0.2) is 7.11 Å². The predicted octanol–water partition coefficient (Wildman–Crippen LogP) is 4.80. The van der Waals surface area contributed by atoms with E-state index in [1.165, 1.54) is 25.3 Å². The van der Waals surface area contributed by atoms with Crippen molar-refractivity contribution in [3.8, 4) is 5.75 Å². The second-order valence-electron chi connectivity index (χ2n) is 4.35. The van der Waals surface area contributed by atoms with Crippen molar-refractivity contribution in [1.82, 2.24) is 0 Å². The van der Waals surface area contributed by atoms with Gasteiger partial charge in [0.1, 0.15) is 17.4 Å². The van der Waals surface area contributed by atoms with Crippen molar-refractivity contribution in [2.24, 2.45) is 0 Å². The van der Waals surface area contributed by atoms with Crippen molar-refractivity contribution < 1.29 is 13.5 Å². The molecule has 2 rings (SSSR count). The van der Waals surface area contributed by atoms with Crippen LogP contribution in [0.5, 0.6) is 5.75 Å². The second-order valence-corrected chi connectivity index (χ2v) is 4.78. The Morgan fingerprint density at radius 2 is 1.90 bits per heavy atom. The molecule has 20 heavy (non-hydrogen) atoms. The maximum atomic E-state index is 13.9. The second kappa shape index (κ2) is 6.09. The number of benzene rings is 2. The quantitative estimate of drug-likeness (QED) is 0.875. The average Bonchev–Trinajstić information content (AvgIpc) is 2.41. The minimum atomic E-state index is -0.486. The van der Waals surface area contributed by atoms with Crippen molar-refractivity contribution in [2.75, 3.05) is 12.4 Å². The van der Waals surface area contributed by atoms with Gasteiger partial charge in [0.05, 0.1) is 24.4 Å². The van der Waals surface area contributed by atoms with Crippen LogP contribution in [0.3, 0.4) is 0 Å². The molecule has 1 atom stereocenters. The third-order valence-electron chi connectivity index (χ3n) is 2.97. The Morgan fingerprint density at radius 1 is 1.15 bits per heavy atom. The number of hydrogen-bond acceptors (Lipinski definition) is 2. The molecule has 2 nitrogen and oxygen atoms in total. The predicted molar refractivity (Wildman–Crippen MR) is 76.4 cm³/mol. The molecular formula is C15H14ClF2NO. The SMILES string of the molecule is COc1cccc(F)c1C(C)Nc1ccc(Cl)cc1F. The standard InChI is InChI=1S/C15H14ClF2NO/c1-9(15-11(17)4-3-5-14(15)20-2)19-13-7-6-10(16)8-12(13)18/h3-9,19H,1-2H3. The molecule has 0 aliphatic carbocycles. The van der Waals surface area contributed by atoms with Gasteiger partial charge in [-0.25, -0.2) is 8.78 Å². The summed E-state index contributed by atoms with van der Waals surface area (Å²) in [6.45, 7) is 1.73. The van der Waals surface area contributed by atoms with E-state index in [0.717, 1.165) is 0 Å². The molecular weight excluding hydrogens is 284 g/mol. The van der Waals surface area contributed by atoms with Gasteiger partial charge in [0.25, 0.3) is 0 Å². The molecule has 0 bridgehead atoms. The summed E-state index contributed by atoms with van der Waals surface area (Å²) >= 11 is 5.70. The van der Waals surface area contributed by atoms with Crippen LogP contribution in [0, 0.1) is 11.6 Å². The fraction of sp³-hybridized carbons (Fsp3) is 0.200. The monoisotopic (exact) mass is 297 g/mol. The van der Waals surface area contributed by atoms with E-state index in [2.05, 4.69) is 5.32 Å². The molecule has 2 aromatic rings. The fourth-order valence-corrected chi connectivity index (χ4v) is 2.19. The van der Waals surface area contributed by atoms with Gasteiger partial charge in [-0.2, -0.15) is 0 Å². The summed E-state index contributed by atoms with van der Waals surface area (Å²) in [7, 11) is 1.47. The van der Waals surface area contributed by atoms with E-state index in [1.54, 1.807) is 25.1 Å². The van der Waals surface area contributed by atoms with Crippen LogP contribution in [0.1, 0.15) is 18.5 Å². The van der Waals surface area contributed by atoms with Gasteiger partial charge in [0, 0.05) is 5.02 Å². The molecule has 0 spiro atoms. The highest BCUT2D eigenvalue weighted by Crippen LogP contribution is 2.31. The first-order valence-corrected chi connectivity index (χ1v) is 6.44. The van der Waals surface area contributed by atoms with Gasteiger partial charge >= 0.3 is 0 Å². The summed E-state index contributed by atoms with van der Waals surface area (Å²) in [5, 5.41) is 3.22. The Morgan fingerprint density at radius 3 is 2.55 bits per heavy atom. The average molecular weight is 298 g/mol. The summed E-state index contributed by atoms with van der Waals surface area (Å²) < 4.78 is 32.8. The maximum absolute atomic E-state index is 13.9.